The van der Waals surface area contributed by atoms with Gasteiger partial charge in [-0.2, -0.15) is 0 Å². The quantitative estimate of drug-likeness (QED) is 0.812. The fourth-order valence-electron chi connectivity index (χ4n) is 1.61. The van der Waals surface area contributed by atoms with Crippen molar-refractivity contribution in [1.82, 2.24) is 10.6 Å². The molecular weight excluding hydrogens is 268 g/mol. The first-order chi connectivity index (χ1) is 9.80. The number of hydrogen-bond donors (Lipinski definition) is 2. The van der Waals surface area contributed by atoms with Gasteiger partial charge in [-0.05, 0) is 44.5 Å². The zero-order valence-corrected chi connectivity index (χ0v) is 12.9. The van der Waals surface area contributed by atoms with Crippen LogP contribution in [0.25, 0.3) is 6.08 Å². The van der Waals surface area contributed by atoms with Crippen LogP contribution in [0.5, 0.6) is 5.75 Å². The van der Waals surface area contributed by atoms with Crippen molar-refractivity contribution >= 4 is 17.9 Å². The van der Waals surface area contributed by atoms with Crippen LogP contribution >= 0.6 is 0 Å². The Morgan fingerprint density at radius 2 is 2.00 bits per heavy atom. The van der Waals surface area contributed by atoms with E-state index in [2.05, 4.69) is 10.6 Å². The lowest BCUT2D eigenvalue weighted by Crippen LogP contribution is -2.45. The molecule has 1 aromatic carbocycles. The number of hydrogen-bond acceptors (Lipinski definition) is 3. The lowest BCUT2D eigenvalue weighted by Gasteiger charge is -2.20. The van der Waals surface area contributed by atoms with Gasteiger partial charge in [-0.3, -0.25) is 9.59 Å². The molecule has 1 aromatic rings. The van der Waals surface area contributed by atoms with Crippen molar-refractivity contribution in [2.45, 2.75) is 26.3 Å². The Kier molecular flexibility index (Phi) is 5.96. The maximum Gasteiger partial charge on any atom is 0.244 e. The summed E-state index contributed by atoms with van der Waals surface area (Å²) in [7, 11) is 1.59. The second kappa shape index (κ2) is 7.47. The predicted molar refractivity (Wildman–Crippen MR) is 82.9 cm³/mol. The summed E-state index contributed by atoms with van der Waals surface area (Å²) in [5, 5.41) is 5.30. The van der Waals surface area contributed by atoms with Crippen LogP contribution in [0.4, 0.5) is 0 Å². The molecule has 0 bridgehead atoms. The van der Waals surface area contributed by atoms with Crippen LogP contribution in [0, 0.1) is 0 Å². The van der Waals surface area contributed by atoms with E-state index in [1.807, 2.05) is 45.0 Å². The fourth-order valence-corrected chi connectivity index (χ4v) is 1.61. The van der Waals surface area contributed by atoms with E-state index in [1.165, 1.54) is 6.08 Å². The van der Waals surface area contributed by atoms with Crippen LogP contribution in [0.15, 0.2) is 30.3 Å². The third-order valence-corrected chi connectivity index (χ3v) is 2.46. The van der Waals surface area contributed by atoms with E-state index in [4.69, 9.17) is 4.74 Å². The summed E-state index contributed by atoms with van der Waals surface area (Å²) in [6, 6.07) is 7.34. The Hall–Kier alpha value is -2.30. The van der Waals surface area contributed by atoms with Gasteiger partial charge in [0.15, 0.2) is 0 Å². The van der Waals surface area contributed by atoms with Crippen molar-refractivity contribution in [3.8, 4) is 5.75 Å². The van der Waals surface area contributed by atoms with E-state index >= 15 is 0 Å². The molecule has 2 N–H and O–H groups in total. The van der Waals surface area contributed by atoms with E-state index < -0.39 is 0 Å². The van der Waals surface area contributed by atoms with Crippen molar-refractivity contribution in [2.75, 3.05) is 13.7 Å². The van der Waals surface area contributed by atoms with Gasteiger partial charge in [0, 0.05) is 11.6 Å². The Morgan fingerprint density at radius 3 is 2.62 bits per heavy atom. The normalized spacial score (nSPS) is 11.2. The maximum atomic E-state index is 11.6. The van der Waals surface area contributed by atoms with Gasteiger partial charge in [0.25, 0.3) is 0 Å². The van der Waals surface area contributed by atoms with Gasteiger partial charge in [-0.1, -0.05) is 12.1 Å². The minimum Gasteiger partial charge on any atom is -0.497 e. The molecule has 0 spiro atoms. The zero-order chi connectivity index (χ0) is 15.9. The molecule has 114 valence electrons. The van der Waals surface area contributed by atoms with E-state index in [-0.39, 0.29) is 23.9 Å². The van der Waals surface area contributed by atoms with Gasteiger partial charge < -0.3 is 15.4 Å². The molecule has 1 rings (SSSR count). The molecule has 0 aliphatic carbocycles. The molecule has 0 atom stereocenters. The van der Waals surface area contributed by atoms with Crippen molar-refractivity contribution in [1.29, 1.82) is 0 Å². The molecule has 0 heterocycles. The molecule has 0 radical (unpaired) electrons. The van der Waals surface area contributed by atoms with E-state index in [9.17, 15) is 9.59 Å². The molecule has 21 heavy (non-hydrogen) atoms. The Labute approximate surface area is 125 Å². The monoisotopic (exact) mass is 290 g/mol. The summed E-state index contributed by atoms with van der Waals surface area (Å²) in [6.45, 7) is 5.61. The second-order valence-corrected chi connectivity index (χ2v) is 5.63. The highest BCUT2D eigenvalue weighted by atomic mass is 16.5. The molecule has 2 amide bonds. The number of amides is 2. The summed E-state index contributed by atoms with van der Waals surface area (Å²) in [6.07, 6.45) is 3.05. The topological polar surface area (TPSA) is 67.4 Å². The number of benzene rings is 1. The summed E-state index contributed by atoms with van der Waals surface area (Å²) in [4.78, 5) is 23.2. The van der Waals surface area contributed by atoms with Crippen molar-refractivity contribution in [2.24, 2.45) is 0 Å². The highest BCUT2D eigenvalue weighted by Gasteiger charge is 2.13. The molecule has 5 heteroatoms. The lowest BCUT2D eigenvalue weighted by atomic mass is 10.1. The summed E-state index contributed by atoms with van der Waals surface area (Å²) >= 11 is 0. The van der Waals surface area contributed by atoms with Gasteiger partial charge in [0.2, 0.25) is 11.8 Å². The van der Waals surface area contributed by atoms with E-state index in [0.717, 1.165) is 11.3 Å². The number of ether oxygens (including phenoxy) is 1. The summed E-state index contributed by atoms with van der Waals surface area (Å²) < 4.78 is 5.10. The smallest absolute Gasteiger partial charge is 0.244 e. The summed E-state index contributed by atoms with van der Waals surface area (Å²) in [5.74, 6) is 0.189. The molecule has 0 unspecified atom stereocenters. The summed E-state index contributed by atoms with van der Waals surface area (Å²) in [5.41, 5.74) is 0.543. The minimum atomic E-state index is -0.318. The second-order valence-electron chi connectivity index (χ2n) is 5.63. The van der Waals surface area contributed by atoms with Crippen LogP contribution in [-0.4, -0.2) is 31.0 Å². The van der Waals surface area contributed by atoms with Gasteiger partial charge in [-0.15, -0.1) is 0 Å². The molecule has 0 aliphatic rings. The zero-order valence-electron chi connectivity index (χ0n) is 12.9. The van der Waals surface area contributed by atoms with Crippen molar-refractivity contribution < 1.29 is 14.3 Å². The van der Waals surface area contributed by atoms with Crippen LogP contribution in [0.1, 0.15) is 26.3 Å². The van der Waals surface area contributed by atoms with Crippen LogP contribution < -0.4 is 15.4 Å². The number of carbonyl (C=O) groups excluding carboxylic acids is 2. The first kappa shape index (κ1) is 16.8. The van der Waals surface area contributed by atoms with Crippen LogP contribution in [-0.2, 0) is 9.59 Å². The first-order valence-electron chi connectivity index (χ1n) is 6.71. The van der Waals surface area contributed by atoms with Gasteiger partial charge in [0.05, 0.1) is 13.7 Å². The first-order valence-corrected chi connectivity index (χ1v) is 6.71. The number of carbonyl (C=O) groups is 2. The standard InChI is InChI=1S/C16H22N2O3/c1-16(2,3)18-15(20)11-17-14(19)9-8-12-6-5-7-13(10-12)21-4/h5-10H,11H2,1-4H3,(H,17,19)(H,18,20)/b9-8+. The fraction of sp³-hybridized carbons (Fsp3) is 0.375. The Balaban J connectivity index is 2.46. The third kappa shape index (κ3) is 7.15. The molecular formula is C16H22N2O3. The highest BCUT2D eigenvalue weighted by Crippen LogP contribution is 2.13. The van der Waals surface area contributed by atoms with Gasteiger partial charge >= 0.3 is 0 Å². The Morgan fingerprint density at radius 1 is 1.29 bits per heavy atom. The molecule has 0 aromatic heterocycles. The average molecular weight is 290 g/mol. The van der Waals surface area contributed by atoms with Gasteiger partial charge in [-0.25, -0.2) is 0 Å². The number of nitrogens with one attached hydrogen (secondary N) is 2. The Bertz CT molecular complexity index is 531. The maximum absolute atomic E-state index is 11.6. The molecule has 0 fully saturated rings. The molecule has 0 saturated heterocycles. The predicted octanol–water partition coefficient (Wildman–Crippen LogP) is 1.74. The molecule has 5 nitrogen and oxygen atoms in total. The lowest BCUT2D eigenvalue weighted by molar-refractivity contribution is -0.124. The highest BCUT2D eigenvalue weighted by molar-refractivity contribution is 5.94. The van der Waals surface area contributed by atoms with Crippen molar-refractivity contribution in [3.63, 3.8) is 0 Å². The minimum absolute atomic E-state index is 0.0431. The largest absolute Gasteiger partial charge is 0.497 e. The third-order valence-electron chi connectivity index (χ3n) is 2.46. The number of rotatable bonds is 5. The average Bonchev–Trinajstić information content (AvgIpc) is 2.41. The van der Waals surface area contributed by atoms with Crippen LogP contribution in [0.3, 0.4) is 0 Å². The van der Waals surface area contributed by atoms with Gasteiger partial charge in [0.1, 0.15) is 5.75 Å². The molecule has 0 saturated carbocycles. The molecule has 0 aliphatic heterocycles. The van der Waals surface area contributed by atoms with E-state index in [0.29, 0.717) is 0 Å². The SMILES string of the molecule is COc1cccc(/C=C/C(=O)NCC(=O)NC(C)(C)C)c1. The van der Waals surface area contributed by atoms with Crippen LogP contribution in [0.2, 0.25) is 0 Å². The van der Waals surface area contributed by atoms with E-state index in [1.54, 1.807) is 13.2 Å². The number of methoxy groups -OCH3 is 1. The van der Waals surface area contributed by atoms with Crippen molar-refractivity contribution in [3.05, 3.63) is 35.9 Å².